The first kappa shape index (κ1) is 11.4. The fraction of sp³-hybridized carbons (Fsp3) is 0. The Morgan fingerprint density at radius 2 is 1.50 bits per heavy atom. The summed E-state index contributed by atoms with van der Waals surface area (Å²) in [4.78, 5) is 10.0. The molecule has 0 saturated carbocycles. The van der Waals surface area contributed by atoms with E-state index in [1.165, 1.54) is 0 Å². The Kier molecular flexibility index (Phi) is 6.71. The predicted octanol–water partition coefficient (Wildman–Crippen LogP) is 2.76. The molecule has 0 aliphatic rings. The van der Waals surface area contributed by atoms with Crippen LogP contribution in [0.4, 0.5) is 9.28 Å². The molecule has 0 saturated heterocycles. The van der Waals surface area contributed by atoms with Crippen molar-refractivity contribution >= 4 is 6.29 Å². The fourth-order valence-corrected chi connectivity index (χ4v) is 0.532. The minimum atomic E-state index is -4.83. The Balaban J connectivity index is 0.000000261. The first-order valence-corrected chi connectivity index (χ1v) is 4.77. The van der Waals surface area contributed by atoms with E-state index in [1.807, 2.05) is 18.2 Å². The maximum absolute atomic E-state index is 10.0. The SMILES string of the molecule is O=Cc1ccccc1.[F][Ti]([F])[F]. The monoisotopic (exact) mass is 211 g/mol. The fourth-order valence-electron chi connectivity index (χ4n) is 0.532. The number of hydrogen-bond donors (Lipinski definition) is 0. The molecule has 0 heterocycles. The molecular weight excluding hydrogens is 205 g/mol. The number of rotatable bonds is 1. The second-order valence-electron chi connectivity index (χ2n) is 1.74. The number of carbonyl (C=O) groups excluding carboxylic acids is 1. The van der Waals surface area contributed by atoms with Crippen LogP contribution in [0.5, 0.6) is 0 Å². The van der Waals surface area contributed by atoms with Crippen molar-refractivity contribution in [2.75, 3.05) is 0 Å². The van der Waals surface area contributed by atoms with E-state index in [9.17, 15) is 14.1 Å². The van der Waals surface area contributed by atoms with Crippen LogP contribution in [0.2, 0.25) is 0 Å². The van der Waals surface area contributed by atoms with Crippen LogP contribution in [0.15, 0.2) is 30.3 Å². The Morgan fingerprint density at radius 1 is 1.08 bits per heavy atom. The predicted molar refractivity (Wildman–Crippen MR) is 35.2 cm³/mol. The Hall–Kier alpha value is -0.606. The van der Waals surface area contributed by atoms with Crippen molar-refractivity contribution in [3.63, 3.8) is 0 Å². The van der Waals surface area contributed by atoms with Crippen molar-refractivity contribution in [2.24, 2.45) is 0 Å². The molecule has 1 aromatic carbocycles. The molecule has 5 heteroatoms. The average Bonchev–Trinajstić information content (AvgIpc) is 2.05. The Morgan fingerprint density at radius 3 is 1.75 bits per heavy atom. The van der Waals surface area contributed by atoms with Crippen molar-refractivity contribution in [2.45, 2.75) is 0 Å². The molecule has 0 aliphatic heterocycles. The Labute approximate surface area is 76.1 Å². The third-order valence-electron chi connectivity index (χ3n) is 0.936. The molecule has 1 aromatic rings. The molecule has 1 rings (SSSR count). The van der Waals surface area contributed by atoms with Crippen LogP contribution in [-0.4, -0.2) is 6.29 Å². The van der Waals surface area contributed by atoms with E-state index in [0.29, 0.717) is 0 Å². The average molecular weight is 211 g/mol. The molecule has 0 aromatic heterocycles. The van der Waals surface area contributed by atoms with Crippen LogP contribution in [0.25, 0.3) is 0 Å². The van der Waals surface area contributed by atoms with Gasteiger partial charge in [-0.15, -0.1) is 0 Å². The molecule has 0 fully saturated rings. The van der Waals surface area contributed by atoms with Gasteiger partial charge in [-0.1, -0.05) is 30.3 Å². The maximum atomic E-state index is 10.0. The van der Waals surface area contributed by atoms with Gasteiger partial charge in [-0.3, -0.25) is 4.79 Å². The van der Waals surface area contributed by atoms with Gasteiger partial charge in [-0.25, -0.2) is 0 Å². The van der Waals surface area contributed by atoms with Crippen LogP contribution in [0, 0.1) is 0 Å². The summed E-state index contributed by atoms with van der Waals surface area (Å²) >= 11 is -4.83. The van der Waals surface area contributed by atoms with Gasteiger partial charge in [-0.05, 0) is 0 Å². The molecule has 0 unspecified atom stereocenters. The van der Waals surface area contributed by atoms with Crippen molar-refractivity contribution < 1.29 is 33.5 Å². The summed E-state index contributed by atoms with van der Waals surface area (Å²) in [5, 5.41) is 0. The zero-order chi connectivity index (χ0) is 9.40. The van der Waals surface area contributed by atoms with Crippen LogP contribution >= 0.6 is 0 Å². The number of aldehydes is 1. The zero-order valence-electron chi connectivity index (χ0n) is 6.01. The second-order valence-corrected chi connectivity index (χ2v) is 2.41. The van der Waals surface area contributed by atoms with Crippen LogP contribution < -0.4 is 0 Å². The molecule has 65 valence electrons. The summed E-state index contributed by atoms with van der Waals surface area (Å²) in [5.74, 6) is 0. The van der Waals surface area contributed by atoms with E-state index in [-0.39, 0.29) is 0 Å². The van der Waals surface area contributed by atoms with Gasteiger partial charge < -0.3 is 0 Å². The molecule has 0 amide bonds. The third-order valence-corrected chi connectivity index (χ3v) is 0.936. The van der Waals surface area contributed by atoms with E-state index in [0.717, 1.165) is 11.8 Å². The van der Waals surface area contributed by atoms with Gasteiger partial charge in [-0.2, -0.15) is 0 Å². The van der Waals surface area contributed by atoms with Gasteiger partial charge in [0.25, 0.3) is 0 Å². The van der Waals surface area contributed by atoms with Crippen LogP contribution in [0.1, 0.15) is 10.4 Å². The third kappa shape index (κ3) is 7.50. The van der Waals surface area contributed by atoms with Gasteiger partial charge in [0.1, 0.15) is 6.29 Å². The Bertz CT molecular complexity index is 212. The number of carbonyl (C=O) groups is 1. The molecule has 0 spiro atoms. The van der Waals surface area contributed by atoms with E-state index in [2.05, 4.69) is 0 Å². The number of hydrogen-bond acceptors (Lipinski definition) is 1. The first-order chi connectivity index (χ1) is 5.66. The van der Waals surface area contributed by atoms with E-state index in [4.69, 9.17) is 0 Å². The summed E-state index contributed by atoms with van der Waals surface area (Å²) in [6.45, 7) is 0. The summed E-state index contributed by atoms with van der Waals surface area (Å²) in [6, 6.07) is 9.10. The second kappa shape index (κ2) is 7.07. The van der Waals surface area contributed by atoms with Gasteiger partial charge in [0.05, 0.1) is 0 Å². The quantitative estimate of drug-likeness (QED) is 0.515. The van der Waals surface area contributed by atoms with Gasteiger partial charge in [0.2, 0.25) is 0 Å². The van der Waals surface area contributed by atoms with E-state index >= 15 is 0 Å². The summed E-state index contributed by atoms with van der Waals surface area (Å²) in [6.07, 6.45) is 0.833. The van der Waals surface area contributed by atoms with E-state index < -0.39 is 19.5 Å². The summed E-state index contributed by atoms with van der Waals surface area (Å²) in [5.41, 5.74) is 0.729. The molecule has 0 bridgehead atoms. The van der Waals surface area contributed by atoms with E-state index in [1.54, 1.807) is 12.1 Å². The van der Waals surface area contributed by atoms with Crippen molar-refractivity contribution in [3.05, 3.63) is 35.9 Å². The molecule has 1 nitrogen and oxygen atoms in total. The van der Waals surface area contributed by atoms with Crippen molar-refractivity contribution in [1.82, 2.24) is 0 Å². The first-order valence-electron chi connectivity index (χ1n) is 3.00. The van der Waals surface area contributed by atoms with Crippen LogP contribution in [-0.2, 0) is 19.5 Å². The summed E-state index contributed by atoms with van der Waals surface area (Å²) in [7, 11) is 0. The number of benzene rings is 1. The normalized spacial score (nSPS) is 7.92. The van der Waals surface area contributed by atoms with Crippen molar-refractivity contribution in [1.29, 1.82) is 0 Å². The van der Waals surface area contributed by atoms with Crippen LogP contribution in [0.3, 0.4) is 0 Å². The minimum absolute atomic E-state index is 0.729. The molecule has 12 heavy (non-hydrogen) atoms. The standard InChI is InChI=1S/C7H6O.3FH.Ti/c8-6-7-4-2-1-3-5-7;;;;/h1-6H;3*1H;/q;;;;+3/p-3. The molecular formula is C7H6F3OTi. The topological polar surface area (TPSA) is 17.1 Å². The molecule has 0 radical (unpaired) electrons. The van der Waals surface area contributed by atoms with Crippen molar-refractivity contribution in [3.8, 4) is 0 Å². The number of halogens is 3. The summed E-state index contributed by atoms with van der Waals surface area (Å²) < 4.78 is 29.5. The molecule has 0 N–H and O–H groups in total. The zero-order valence-corrected chi connectivity index (χ0v) is 7.57. The van der Waals surface area contributed by atoms with Gasteiger partial charge in [0, 0.05) is 5.56 Å². The van der Waals surface area contributed by atoms with Gasteiger partial charge in [0.15, 0.2) is 0 Å². The van der Waals surface area contributed by atoms with Gasteiger partial charge >= 0.3 is 28.8 Å². The molecule has 0 atom stereocenters. The molecule has 0 aliphatic carbocycles.